The van der Waals surface area contributed by atoms with Crippen LogP contribution in [-0.2, 0) is 5.41 Å². The summed E-state index contributed by atoms with van der Waals surface area (Å²) in [5.41, 5.74) is 4.56. The third-order valence-electron chi connectivity index (χ3n) is 4.44. The molecule has 90 valence electrons. The van der Waals surface area contributed by atoms with Crippen molar-refractivity contribution < 1.29 is 0 Å². The molecule has 0 bridgehead atoms. The minimum absolute atomic E-state index is 0.185. The van der Waals surface area contributed by atoms with E-state index in [1.165, 1.54) is 16.7 Å². The van der Waals surface area contributed by atoms with Crippen molar-refractivity contribution >= 4 is 0 Å². The molecule has 0 nitrogen and oxygen atoms in total. The fraction of sp³-hybridized carbons (Fsp3) is 0.412. The molecule has 0 spiro atoms. The number of hydrogen-bond acceptors (Lipinski definition) is 0. The third-order valence-corrected chi connectivity index (χ3v) is 4.44. The predicted octanol–water partition coefficient (Wildman–Crippen LogP) is 4.80. The zero-order valence-corrected chi connectivity index (χ0v) is 11.3. The van der Waals surface area contributed by atoms with E-state index in [1.807, 2.05) is 0 Å². The molecule has 2 atom stereocenters. The largest absolute Gasteiger partial charge is 0.0734 e. The molecule has 0 saturated carbocycles. The summed E-state index contributed by atoms with van der Waals surface area (Å²) >= 11 is 0. The summed E-state index contributed by atoms with van der Waals surface area (Å²) in [6.45, 7) is 9.12. The molecule has 1 aromatic rings. The Morgan fingerprint density at radius 2 is 1.88 bits per heavy atom. The van der Waals surface area contributed by atoms with Crippen molar-refractivity contribution in [3.63, 3.8) is 0 Å². The topological polar surface area (TPSA) is 0 Å². The van der Waals surface area contributed by atoms with Crippen LogP contribution >= 0.6 is 0 Å². The van der Waals surface area contributed by atoms with Gasteiger partial charge in [0.1, 0.15) is 0 Å². The van der Waals surface area contributed by atoms with E-state index in [1.54, 1.807) is 0 Å². The lowest BCUT2D eigenvalue weighted by molar-refractivity contribution is 0.384. The van der Waals surface area contributed by atoms with Crippen LogP contribution in [0.25, 0.3) is 0 Å². The zero-order valence-electron chi connectivity index (χ0n) is 11.3. The van der Waals surface area contributed by atoms with Gasteiger partial charge in [0, 0.05) is 5.41 Å². The van der Waals surface area contributed by atoms with Crippen LogP contribution in [0.5, 0.6) is 0 Å². The minimum Gasteiger partial charge on any atom is -0.0734 e. The second-order valence-electron chi connectivity index (χ2n) is 5.20. The van der Waals surface area contributed by atoms with Crippen molar-refractivity contribution in [2.24, 2.45) is 5.92 Å². The summed E-state index contributed by atoms with van der Waals surface area (Å²) in [6.07, 6.45) is 8.02. The van der Waals surface area contributed by atoms with E-state index >= 15 is 0 Å². The van der Waals surface area contributed by atoms with Gasteiger partial charge < -0.3 is 0 Å². The maximum absolute atomic E-state index is 2.40. The van der Waals surface area contributed by atoms with E-state index < -0.39 is 0 Å². The van der Waals surface area contributed by atoms with Crippen molar-refractivity contribution in [1.82, 2.24) is 0 Å². The van der Waals surface area contributed by atoms with Crippen LogP contribution in [0.4, 0.5) is 0 Å². The number of hydrogen-bond donors (Lipinski definition) is 0. The molecule has 2 rings (SSSR count). The molecule has 0 fully saturated rings. The Morgan fingerprint density at radius 1 is 1.18 bits per heavy atom. The van der Waals surface area contributed by atoms with Gasteiger partial charge in [-0.15, -0.1) is 0 Å². The predicted molar refractivity (Wildman–Crippen MR) is 75.2 cm³/mol. The summed E-state index contributed by atoms with van der Waals surface area (Å²) in [7, 11) is 0. The molecule has 1 aromatic carbocycles. The van der Waals surface area contributed by atoms with Crippen LogP contribution in [0.3, 0.4) is 0 Å². The number of aryl methyl sites for hydroxylation is 1. The van der Waals surface area contributed by atoms with Gasteiger partial charge in [-0.25, -0.2) is 0 Å². The van der Waals surface area contributed by atoms with E-state index in [9.17, 15) is 0 Å². The Morgan fingerprint density at radius 3 is 2.53 bits per heavy atom. The zero-order chi connectivity index (χ0) is 12.5. The number of rotatable bonds is 2. The maximum atomic E-state index is 2.40. The van der Waals surface area contributed by atoms with Crippen molar-refractivity contribution in [1.29, 1.82) is 0 Å². The highest BCUT2D eigenvalue weighted by molar-refractivity contribution is 5.43. The second kappa shape index (κ2) is 4.52. The Hall–Kier alpha value is -1.30. The van der Waals surface area contributed by atoms with E-state index in [-0.39, 0.29) is 5.41 Å². The van der Waals surface area contributed by atoms with E-state index in [4.69, 9.17) is 0 Å². The molecule has 1 aliphatic carbocycles. The van der Waals surface area contributed by atoms with Gasteiger partial charge in [0.05, 0.1) is 0 Å². The van der Waals surface area contributed by atoms with Crippen LogP contribution in [0, 0.1) is 12.8 Å². The average Bonchev–Trinajstić information content (AvgIpc) is 2.34. The van der Waals surface area contributed by atoms with Crippen molar-refractivity contribution in [3.05, 3.63) is 59.2 Å². The van der Waals surface area contributed by atoms with E-state index in [2.05, 4.69) is 70.2 Å². The van der Waals surface area contributed by atoms with Crippen LogP contribution in [-0.4, -0.2) is 0 Å². The SMILES string of the molecule is CCC1(c2ccccc2C)C=CC=C(C)C1C. The summed E-state index contributed by atoms with van der Waals surface area (Å²) in [5.74, 6) is 0.582. The highest BCUT2D eigenvalue weighted by atomic mass is 14.4. The standard InChI is InChI=1S/C17H22/c1-5-17(12-8-10-13(2)15(17)4)16-11-7-6-9-14(16)3/h6-12,15H,5H2,1-4H3. The summed E-state index contributed by atoms with van der Waals surface area (Å²) in [5, 5.41) is 0. The quantitative estimate of drug-likeness (QED) is 0.680. The van der Waals surface area contributed by atoms with Crippen LogP contribution in [0.15, 0.2) is 48.1 Å². The van der Waals surface area contributed by atoms with Crippen molar-refractivity contribution in [2.45, 2.75) is 39.5 Å². The first-order valence-corrected chi connectivity index (χ1v) is 6.54. The normalized spacial score (nSPS) is 28.0. The summed E-state index contributed by atoms with van der Waals surface area (Å²) in [4.78, 5) is 0. The fourth-order valence-corrected chi connectivity index (χ4v) is 3.10. The second-order valence-corrected chi connectivity index (χ2v) is 5.20. The molecule has 0 aliphatic heterocycles. The van der Waals surface area contributed by atoms with Crippen molar-refractivity contribution in [2.75, 3.05) is 0 Å². The Labute approximate surface area is 105 Å². The molecular formula is C17H22. The lowest BCUT2D eigenvalue weighted by Gasteiger charge is -2.40. The molecular weight excluding hydrogens is 204 g/mol. The molecule has 17 heavy (non-hydrogen) atoms. The highest BCUT2D eigenvalue weighted by Gasteiger charge is 2.36. The Kier molecular flexibility index (Phi) is 3.24. The highest BCUT2D eigenvalue weighted by Crippen LogP contribution is 2.44. The van der Waals surface area contributed by atoms with Crippen LogP contribution in [0.2, 0.25) is 0 Å². The Bertz CT molecular complexity index is 465. The van der Waals surface area contributed by atoms with Gasteiger partial charge in [-0.3, -0.25) is 0 Å². The molecule has 0 saturated heterocycles. The molecule has 2 unspecified atom stereocenters. The van der Waals surface area contributed by atoms with Gasteiger partial charge in [0.2, 0.25) is 0 Å². The van der Waals surface area contributed by atoms with Crippen LogP contribution < -0.4 is 0 Å². The monoisotopic (exact) mass is 226 g/mol. The fourth-order valence-electron chi connectivity index (χ4n) is 3.10. The maximum Gasteiger partial charge on any atom is 0.0198 e. The van der Waals surface area contributed by atoms with Crippen LogP contribution in [0.1, 0.15) is 38.3 Å². The third kappa shape index (κ3) is 1.86. The molecule has 0 amide bonds. The van der Waals surface area contributed by atoms with Gasteiger partial charge in [0.25, 0.3) is 0 Å². The van der Waals surface area contributed by atoms with Crippen molar-refractivity contribution in [3.8, 4) is 0 Å². The number of benzene rings is 1. The first-order valence-electron chi connectivity index (χ1n) is 6.54. The van der Waals surface area contributed by atoms with Gasteiger partial charge in [0.15, 0.2) is 0 Å². The van der Waals surface area contributed by atoms with E-state index in [0.717, 1.165) is 6.42 Å². The smallest absolute Gasteiger partial charge is 0.0198 e. The van der Waals surface area contributed by atoms with Gasteiger partial charge >= 0.3 is 0 Å². The minimum atomic E-state index is 0.185. The molecule has 1 aliphatic rings. The Balaban J connectivity index is 2.57. The lowest BCUT2D eigenvalue weighted by Crippen LogP contribution is -2.34. The van der Waals surface area contributed by atoms with E-state index in [0.29, 0.717) is 5.92 Å². The molecule has 0 heteroatoms. The first kappa shape index (κ1) is 12.2. The molecule has 0 N–H and O–H groups in total. The summed E-state index contributed by atoms with van der Waals surface area (Å²) < 4.78 is 0. The molecule has 0 aromatic heterocycles. The van der Waals surface area contributed by atoms with Gasteiger partial charge in [-0.05, 0) is 37.3 Å². The molecule has 0 heterocycles. The first-order chi connectivity index (χ1) is 8.12. The van der Waals surface area contributed by atoms with Gasteiger partial charge in [-0.1, -0.05) is 61.9 Å². The average molecular weight is 226 g/mol. The molecule has 0 radical (unpaired) electrons. The summed E-state index contributed by atoms with van der Waals surface area (Å²) in [6, 6.07) is 8.80. The van der Waals surface area contributed by atoms with Gasteiger partial charge in [-0.2, -0.15) is 0 Å². The number of allylic oxidation sites excluding steroid dienone is 4. The lowest BCUT2D eigenvalue weighted by atomic mass is 9.64.